The molecule has 17 heavy (non-hydrogen) atoms. The highest BCUT2D eigenvalue weighted by Gasteiger charge is 2.46. The van der Waals surface area contributed by atoms with Gasteiger partial charge in [-0.15, -0.1) is 0 Å². The highest BCUT2D eigenvalue weighted by Crippen LogP contribution is 2.31. The number of aliphatic carboxylic acids is 1. The van der Waals surface area contributed by atoms with E-state index in [-0.39, 0.29) is 18.9 Å². The van der Waals surface area contributed by atoms with Crippen molar-refractivity contribution in [1.82, 2.24) is 10.2 Å². The summed E-state index contributed by atoms with van der Waals surface area (Å²) in [4.78, 5) is 24.7. The summed E-state index contributed by atoms with van der Waals surface area (Å²) in [5, 5.41) is 21.7. The van der Waals surface area contributed by atoms with E-state index in [2.05, 4.69) is 5.32 Å². The minimum absolute atomic E-state index is 0.130. The summed E-state index contributed by atoms with van der Waals surface area (Å²) in [7, 11) is 0. The first kappa shape index (κ1) is 12.3. The van der Waals surface area contributed by atoms with Crippen molar-refractivity contribution < 1.29 is 19.8 Å². The first-order valence-electron chi connectivity index (χ1n) is 5.87. The van der Waals surface area contributed by atoms with Gasteiger partial charge < -0.3 is 20.4 Å². The van der Waals surface area contributed by atoms with Crippen molar-refractivity contribution in [3.05, 3.63) is 0 Å². The quantitative estimate of drug-likeness (QED) is 0.580. The van der Waals surface area contributed by atoms with Gasteiger partial charge in [-0.05, 0) is 19.9 Å². The fourth-order valence-electron chi connectivity index (χ4n) is 2.62. The van der Waals surface area contributed by atoms with E-state index < -0.39 is 23.5 Å². The van der Waals surface area contributed by atoms with Gasteiger partial charge in [0, 0.05) is 19.5 Å². The van der Waals surface area contributed by atoms with Gasteiger partial charge in [-0.2, -0.15) is 0 Å². The third kappa shape index (κ3) is 2.14. The van der Waals surface area contributed by atoms with Crippen molar-refractivity contribution in [1.29, 1.82) is 0 Å². The van der Waals surface area contributed by atoms with Crippen LogP contribution >= 0.6 is 0 Å². The van der Waals surface area contributed by atoms with Crippen LogP contribution in [0.4, 0.5) is 0 Å². The Bertz CT molecular complexity index is 338. The van der Waals surface area contributed by atoms with Gasteiger partial charge in [0.25, 0.3) is 0 Å². The number of hydrogen-bond acceptors (Lipinski definition) is 4. The predicted molar refractivity (Wildman–Crippen MR) is 59.4 cm³/mol. The minimum Gasteiger partial charge on any atom is -0.480 e. The van der Waals surface area contributed by atoms with Crippen LogP contribution in [0.2, 0.25) is 0 Å². The third-order valence-corrected chi connectivity index (χ3v) is 3.71. The summed E-state index contributed by atoms with van der Waals surface area (Å²) in [6.45, 7) is 3.32. The van der Waals surface area contributed by atoms with Gasteiger partial charge in [-0.25, -0.2) is 4.79 Å². The molecule has 2 aliphatic heterocycles. The third-order valence-electron chi connectivity index (χ3n) is 3.71. The Morgan fingerprint density at radius 2 is 2.18 bits per heavy atom. The number of carbonyl (C=O) groups excluding carboxylic acids is 1. The van der Waals surface area contributed by atoms with Crippen LogP contribution < -0.4 is 5.32 Å². The molecule has 3 N–H and O–H groups in total. The van der Waals surface area contributed by atoms with Crippen LogP contribution in [0.3, 0.4) is 0 Å². The summed E-state index contributed by atoms with van der Waals surface area (Å²) in [6, 6.07) is -0.880. The molecular formula is C11H18N2O4. The van der Waals surface area contributed by atoms with Crippen LogP contribution in [0.25, 0.3) is 0 Å². The number of amides is 1. The molecule has 2 rings (SSSR count). The summed E-state index contributed by atoms with van der Waals surface area (Å²) in [5.74, 6) is -1.20. The zero-order valence-corrected chi connectivity index (χ0v) is 9.85. The number of carboxylic acids is 1. The maximum Gasteiger partial charge on any atom is 0.326 e. The molecule has 6 heteroatoms. The van der Waals surface area contributed by atoms with Crippen LogP contribution in [0.15, 0.2) is 0 Å². The lowest BCUT2D eigenvalue weighted by atomic mass is 9.88. The van der Waals surface area contributed by atoms with Crippen LogP contribution in [0.1, 0.15) is 19.8 Å². The van der Waals surface area contributed by atoms with Crippen LogP contribution in [0, 0.1) is 5.41 Å². The van der Waals surface area contributed by atoms with E-state index in [4.69, 9.17) is 5.11 Å². The van der Waals surface area contributed by atoms with Crippen LogP contribution in [-0.2, 0) is 9.59 Å². The second kappa shape index (κ2) is 4.27. The summed E-state index contributed by atoms with van der Waals surface area (Å²) >= 11 is 0. The molecule has 0 bridgehead atoms. The maximum atomic E-state index is 12.3. The zero-order chi connectivity index (χ0) is 12.6. The molecule has 2 saturated heterocycles. The molecule has 0 aromatic carbocycles. The van der Waals surface area contributed by atoms with Crippen LogP contribution in [0.5, 0.6) is 0 Å². The lowest BCUT2D eigenvalue weighted by Crippen LogP contribution is -2.48. The highest BCUT2D eigenvalue weighted by atomic mass is 16.4. The monoisotopic (exact) mass is 242 g/mol. The van der Waals surface area contributed by atoms with Gasteiger partial charge in [-0.3, -0.25) is 4.79 Å². The molecule has 0 aromatic heterocycles. The molecule has 2 aliphatic rings. The molecule has 2 fully saturated rings. The number of nitrogens with one attached hydrogen (secondary N) is 1. The number of carbonyl (C=O) groups is 2. The van der Waals surface area contributed by atoms with Crippen molar-refractivity contribution in [3.63, 3.8) is 0 Å². The summed E-state index contributed by atoms with van der Waals surface area (Å²) in [5.41, 5.74) is -0.530. The van der Waals surface area contributed by atoms with Crippen molar-refractivity contribution in [3.8, 4) is 0 Å². The highest BCUT2D eigenvalue weighted by molar-refractivity contribution is 5.88. The topological polar surface area (TPSA) is 89.9 Å². The second-order valence-corrected chi connectivity index (χ2v) is 5.19. The number of hydrogen-bond donors (Lipinski definition) is 3. The number of β-amino-alcohol motifs (C(OH)–C–C–N with tert-alkyl or cyclic N) is 1. The van der Waals surface area contributed by atoms with E-state index in [1.165, 1.54) is 4.90 Å². The standard InChI is InChI=1S/C11H18N2O4/c1-11(2-3-12-6-11)10(17)13-5-7(14)4-8(13)9(15)16/h7-8,12,14H,2-6H2,1H3,(H,15,16)/t7?,8-,11?/m0/s1. The number of aliphatic hydroxyl groups excluding tert-OH is 1. The SMILES string of the molecule is CC1(C(=O)N2CC(O)C[C@H]2C(=O)O)CCNC1. The van der Waals surface area contributed by atoms with E-state index in [9.17, 15) is 14.7 Å². The van der Waals surface area contributed by atoms with E-state index >= 15 is 0 Å². The van der Waals surface area contributed by atoms with E-state index in [0.29, 0.717) is 13.0 Å². The Kier molecular flexibility index (Phi) is 3.09. The van der Waals surface area contributed by atoms with E-state index in [1.807, 2.05) is 6.92 Å². The minimum atomic E-state index is -1.04. The lowest BCUT2D eigenvalue weighted by Gasteiger charge is -2.30. The lowest BCUT2D eigenvalue weighted by molar-refractivity contribution is -0.152. The molecule has 2 unspecified atom stereocenters. The molecule has 3 atom stereocenters. The Hall–Kier alpha value is -1.14. The molecule has 0 aliphatic carbocycles. The van der Waals surface area contributed by atoms with Crippen molar-refractivity contribution in [2.24, 2.45) is 5.41 Å². The van der Waals surface area contributed by atoms with E-state index in [0.717, 1.165) is 6.54 Å². The van der Waals surface area contributed by atoms with Gasteiger partial charge in [0.2, 0.25) is 5.91 Å². The Morgan fingerprint density at radius 1 is 1.47 bits per heavy atom. The zero-order valence-electron chi connectivity index (χ0n) is 9.85. The molecular weight excluding hydrogens is 224 g/mol. The molecule has 6 nitrogen and oxygen atoms in total. The number of carboxylic acid groups (broad SMARTS) is 1. The molecule has 1 amide bonds. The smallest absolute Gasteiger partial charge is 0.326 e. The molecule has 0 spiro atoms. The Labute approximate surface area is 99.6 Å². The largest absolute Gasteiger partial charge is 0.480 e. The number of likely N-dealkylation sites (tertiary alicyclic amines) is 1. The van der Waals surface area contributed by atoms with Crippen molar-refractivity contribution >= 4 is 11.9 Å². The molecule has 2 heterocycles. The summed E-state index contributed by atoms with van der Waals surface area (Å²) in [6.07, 6.45) is 0.119. The average molecular weight is 242 g/mol. The predicted octanol–water partition coefficient (Wildman–Crippen LogP) is -0.968. The molecule has 0 aromatic rings. The fourth-order valence-corrected chi connectivity index (χ4v) is 2.62. The van der Waals surface area contributed by atoms with E-state index in [1.54, 1.807) is 0 Å². The van der Waals surface area contributed by atoms with Gasteiger partial charge in [-0.1, -0.05) is 0 Å². The number of nitrogens with zero attached hydrogens (tertiary/aromatic N) is 1. The van der Waals surface area contributed by atoms with Gasteiger partial charge in [0.15, 0.2) is 0 Å². The average Bonchev–Trinajstić information content (AvgIpc) is 2.84. The van der Waals surface area contributed by atoms with Crippen molar-refractivity contribution in [2.75, 3.05) is 19.6 Å². The molecule has 96 valence electrons. The summed E-state index contributed by atoms with van der Waals surface area (Å²) < 4.78 is 0. The number of aliphatic hydroxyl groups is 1. The second-order valence-electron chi connectivity index (χ2n) is 5.19. The van der Waals surface area contributed by atoms with Gasteiger partial charge >= 0.3 is 5.97 Å². The first-order valence-corrected chi connectivity index (χ1v) is 5.87. The fraction of sp³-hybridized carbons (Fsp3) is 0.818. The number of rotatable bonds is 2. The first-order chi connectivity index (χ1) is 7.94. The van der Waals surface area contributed by atoms with Crippen molar-refractivity contribution in [2.45, 2.75) is 31.9 Å². The van der Waals surface area contributed by atoms with Crippen LogP contribution in [-0.4, -0.2) is 58.8 Å². The molecule has 0 saturated carbocycles. The van der Waals surface area contributed by atoms with Gasteiger partial charge in [0.05, 0.1) is 11.5 Å². The maximum absolute atomic E-state index is 12.3. The Morgan fingerprint density at radius 3 is 2.71 bits per heavy atom. The Balaban J connectivity index is 2.15. The molecule has 0 radical (unpaired) electrons. The van der Waals surface area contributed by atoms with Gasteiger partial charge in [0.1, 0.15) is 6.04 Å². The normalized spacial score (nSPS) is 37.4.